The van der Waals surface area contributed by atoms with E-state index in [1.165, 1.54) is 32.2 Å². The highest BCUT2D eigenvalue weighted by molar-refractivity contribution is 7.80. The number of thiocarbonyl (C=S) groups is 1. The minimum absolute atomic E-state index is 0.681. The van der Waals surface area contributed by atoms with Gasteiger partial charge in [0.05, 0.1) is 7.11 Å². The molecule has 23 heavy (non-hydrogen) atoms. The molecule has 4 nitrogen and oxygen atoms in total. The summed E-state index contributed by atoms with van der Waals surface area (Å²) in [7, 11) is 1.67. The van der Waals surface area contributed by atoms with Crippen LogP contribution in [0.1, 0.15) is 39.0 Å². The normalized spacial score (nSPS) is 18.4. The lowest BCUT2D eigenvalue weighted by Crippen LogP contribution is -2.40. The number of nitrogens with one attached hydrogen (secondary N) is 2. The van der Waals surface area contributed by atoms with Crippen molar-refractivity contribution in [2.75, 3.05) is 32.1 Å². The van der Waals surface area contributed by atoms with Crippen molar-refractivity contribution in [3.8, 4) is 5.75 Å². The summed E-state index contributed by atoms with van der Waals surface area (Å²) >= 11 is 5.35. The number of benzene rings is 1. The van der Waals surface area contributed by atoms with Crippen LogP contribution in [-0.4, -0.2) is 42.8 Å². The molecule has 2 N–H and O–H groups in total. The Kier molecular flexibility index (Phi) is 7.62. The van der Waals surface area contributed by atoms with Crippen LogP contribution in [0.25, 0.3) is 0 Å². The first-order valence-corrected chi connectivity index (χ1v) is 9.06. The molecule has 128 valence electrons. The molecule has 0 saturated carbocycles. The lowest BCUT2D eigenvalue weighted by atomic mass is 10.00. The zero-order valence-corrected chi connectivity index (χ0v) is 15.1. The number of ether oxygens (including phenoxy) is 1. The van der Waals surface area contributed by atoms with Crippen molar-refractivity contribution in [2.45, 2.75) is 45.1 Å². The van der Waals surface area contributed by atoms with E-state index in [1.807, 2.05) is 24.3 Å². The van der Waals surface area contributed by atoms with Gasteiger partial charge in [0.15, 0.2) is 5.11 Å². The summed E-state index contributed by atoms with van der Waals surface area (Å²) in [5.74, 6) is 0.849. The maximum atomic E-state index is 5.35. The lowest BCUT2D eigenvalue weighted by Gasteiger charge is -2.35. The molecule has 1 aliphatic heterocycles. The fraction of sp³-hybridized carbons (Fsp3) is 0.611. The van der Waals surface area contributed by atoms with Crippen LogP contribution in [0.4, 0.5) is 5.69 Å². The molecule has 1 aliphatic rings. The van der Waals surface area contributed by atoms with Gasteiger partial charge in [-0.25, -0.2) is 0 Å². The van der Waals surface area contributed by atoms with Gasteiger partial charge in [0.2, 0.25) is 0 Å². The molecule has 0 bridgehead atoms. The van der Waals surface area contributed by atoms with Crippen molar-refractivity contribution in [1.82, 2.24) is 10.2 Å². The lowest BCUT2D eigenvalue weighted by molar-refractivity contribution is 0.143. The summed E-state index contributed by atoms with van der Waals surface area (Å²) in [5, 5.41) is 7.18. The Balaban J connectivity index is 1.64. The number of likely N-dealkylation sites (tertiary alicyclic amines) is 1. The molecule has 1 fully saturated rings. The van der Waals surface area contributed by atoms with Crippen molar-refractivity contribution < 1.29 is 4.74 Å². The largest absolute Gasteiger partial charge is 0.497 e. The minimum atomic E-state index is 0.681. The molecule has 2 rings (SSSR count). The number of nitrogens with zero attached hydrogens (tertiary/aromatic N) is 1. The molecule has 0 spiro atoms. The van der Waals surface area contributed by atoms with Gasteiger partial charge in [0, 0.05) is 24.8 Å². The standard InChI is InChI=1S/C18H29N3OS/c1-3-16-7-4-5-13-21(16)14-6-12-19-18(23)20-15-8-10-17(22-2)11-9-15/h8-11,16H,3-7,12-14H2,1-2H3,(H2,19,20,23)/t16-/m0/s1. The highest BCUT2D eigenvalue weighted by Gasteiger charge is 2.19. The van der Waals surface area contributed by atoms with E-state index in [4.69, 9.17) is 17.0 Å². The van der Waals surface area contributed by atoms with Gasteiger partial charge in [-0.3, -0.25) is 0 Å². The minimum Gasteiger partial charge on any atom is -0.497 e. The maximum absolute atomic E-state index is 5.35. The number of piperidine rings is 1. The number of rotatable bonds is 7. The second-order valence-corrected chi connectivity index (χ2v) is 6.47. The summed E-state index contributed by atoms with van der Waals surface area (Å²) in [5.41, 5.74) is 0.977. The van der Waals surface area contributed by atoms with E-state index >= 15 is 0 Å². The third-order valence-electron chi connectivity index (χ3n) is 4.48. The van der Waals surface area contributed by atoms with Crippen molar-refractivity contribution >= 4 is 23.0 Å². The van der Waals surface area contributed by atoms with Crippen LogP contribution >= 0.6 is 12.2 Å². The molecule has 1 aromatic rings. The number of anilines is 1. The first-order chi connectivity index (χ1) is 11.2. The van der Waals surface area contributed by atoms with Crippen LogP contribution in [0.3, 0.4) is 0 Å². The van der Waals surface area contributed by atoms with E-state index < -0.39 is 0 Å². The van der Waals surface area contributed by atoms with Crippen LogP contribution in [0.2, 0.25) is 0 Å². The Morgan fingerprint density at radius 1 is 1.30 bits per heavy atom. The van der Waals surface area contributed by atoms with Crippen molar-refractivity contribution in [3.63, 3.8) is 0 Å². The SMILES string of the molecule is CC[C@H]1CCCCN1CCCNC(=S)Nc1ccc(OC)cc1. The molecule has 1 atom stereocenters. The predicted octanol–water partition coefficient (Wildman–Crippen LogP) is 3.64. The van der Waals surface area contributed by atoms with Crippen LogP contribution in [0.5, 0.6) is 5.75 Å². The smallest absolute Gasteiger partial charge is 0.170 e. The average Bonchev–Trinajstić information content (AvgIpc) is 2.59. The monoisotopic (exact) mass is 335 g/mol. The third-order valence-corrected chi connectivity index (χ3v) is 4.72. The number of hydrogen-bond acceptors (Lipinski definition) is 3. The molecule has 1 heterocycles. The van der Waals surface area contributed by atoms with Gasteiger partial charge in [-0.05, 0) is 68.7 Å². The Morgan fingerprint density at radius 3 is 2.78 bits per heavy atom. The summed E-state index contributed by atoms with van der Waals surface area (Å²) in [6.45, 7) is 5.63. The fourth-order valence-electron chi connectivity index (χ4n) is 3.15. The Morgan fingerprint density at radius 2 is 2.09 bits per heavy atom. The maximum Gasteiger partial charge on any atom is 0.170 e. The van der Waals surface area contributed by atoms with Crippen molar-refractivity contribution in [1.29, 1.82) is 0 Å². The Bertz CT molecular complexity index is 478. The molecular weight excluding hydrogens is 306 g/mol. The molecule has 0 aromatic heterocycles. The summed E-state index contributed by atoms with van der Waals surface area (Å²) in [6, 6.07) is 8.56. The van der Waals surface area contributed by atoms with Crippen molar-refractivity contribution in [2.24, 2.45) is 0 Å². The number of hydrogen-bond donors (Lipinski definition) is 2. The van der Waals surface area contributed by atoms with Gasteiger partial charge in [-0.2, -0.15) is 0 Å². The van der Waals surface area contributed by atoms with E-state index in [-0.39, 0.29) is 0 Å². The number of methoxy groups -OCH3 is 1. The molecule has 5 heteroatoms. The molecule has 0 radical (unpaired) electrons. The second kappa shape index (κ2) is 9.73. The van der Waals surface area contributed by atoms with Crippen molar-refractivity contribution in [3.05, 3.63) is 24.3 Å². The van der Waals surface area contributed by atoms with Gasteiger partial charge in [0.25, 0.3) is 0 Å². The Hall–Kier alpha value is -1.33. The highest BCUT2D eigenvalue weighted by Crippen LogP contribution is 2.19. The van der Waals surface area contributed by atoms with Crippen LogP contribution < -0.4 is 15.4 Å². The molecule has 0 aliphatic carbocycles. The topological polar surface area (TPSA) is 36.5 Å². The summed E-state index contributed by atoms with van der Waals surface area (Å²) < 4.78 is 5.15. The predicted molar refractivity (Wildman–Crippen MR) is 101 cm³/mol. The molecule has 0 amide bonds. The third kappa shape index (κ3) is 5.99. The molecule has 0 unspecified atom stereocenters. The molecular formula is C18H29N3OS. The van der Waals surface area contributed by atoms with E-state index in [0.29, 0.717) is 5.11 Å². The van der Waals surface area contributed by atoms with E-state index in [2.05, 4.69) is 22.5 Å². The second-order valence-electron chi connectivity index (χ2n) is 6.06. The van der Waals surface area contributed by atoms with Crippen LogP contribution in [0, 0.1) is 0 Å². The summed E-state index contributed by atoms with van der Waals surface area (Å²) in [6.07, 6.45) is 6.50. The first-order valence-electron chi connectivity index (χ1n) is 8.66. The molecule has 1 saturated heterocycles. The first kappa shape index (κ1) is 18.0. The van der Waals surface area contributed by atoms with E-state index in [9.17, 15) is 0 Å². The van der Waals surface area contributed by atoms with Gasteiger partial charge in [-0.1, -0.05) is 13.3 Å². The van der Waals surface area contributed by atoms with Gasteiger partial charge >= 0.3 is 0 Å². The zero-order valence-electron chi connectivity index (χ0n) is 14.3. The molecule has 1 aromatic carbocycles. The van der Waals surface area contributed by atoms with E-state index in [1.54, 1.807) is 7.11 Å². The van der Waals surface area contributed by atoms with Gasteiger partial charge < -0.3 is 20.3 Å². The van der Waals surface area contributed by atoms with Gasteiger partial charge in [-0.15, -0.1) is 0 Å². The quantitative estimate of drug-likeness (QED) is 0.588. The fourth-order valence-corrected chi connectivity index (χ4v) is 3.37. The van der Waals surface area contributed by atoms with Crippen LogP contribution in [0.15, 0.2) is 24.3 Å². The summed E-state index contributed by atoms with van der Waals surface area (Å²) in [4.78, 5) is 2.64. The van der Waals surface area contributed by atoms with Gasteiger partial charge in [0.1, 0.15) is 5.75 Å². The highest BCUT2D eigenvalue weighted by atomic mass is 32.1. The van der Waals surface area contributed by atoms with Crippen LogP contribution in [-0.2, 0) is 0 Å². The average molecular weight is 336 g/mol. The Labute approximate surface area is 145 Å². The zero-order chi connectivity index (χ0) is 16.5. The van der Waals surface area contributed by atoms with E-state index in [0.717, 1.165) is 37.0 Å².